The van der Waals surface area contributed by atoms with Crippen LogP contribution in [0.15, 0.2) is 0 Å². The first-order chi connectivity index (χ1) is 7.85. The molecule has 0 bridgehead atoms. The molecule has 100 valence electrons. The summed E-state index contributed by atoms with van der Waals surface area (Å²) in [5.41, 5.74) is -0.883. The standard InChI is InChI=1S/C11H21NO5/c1-11(2,7-13)9(15)10(16)12-6-4-5-8(14)17-3/h9,13,15H,4-7H2,1-3H3,(H,12,16)/t9-/m0/s1. The molecule has 1 atom stereocenters. The molecular weight excluding hydrogens is 226 g/mol. The Labute approximate surface area is 101 Å². The van der Waals surface area contributed by atoms with Crippen molar-refractivity contribution in [2.24, 2.45) is 5.41 Å². The fourth-order valence-corrected chi connectivity index (χ4v) is 1.08. The van der Waals surface area contributed by atoms with Gasteiger partial charge in [-0.1, -0.05) is 13.8 Å². The maximum absolute atomic E-state index is 11.5. The lowest BCUT2D eigenvalue weighted by molar-refractivity contribution is -0.141. The minimum Gasteiger partial charge on any atom is -0.469 e. The number of esters is 1. The number of ether oxygens (including phenoxy) is 1. The fourth-order valence-electron chi connectivity index (χ4n) is 1.08. The summed E-state index contributed by atoms with van der Waals surface area (Å²) < 4.78 is 4.44. The molecule has 0 aliphatic rings. The van der Waals surface area contributed by atoms with Gasteiger partial charge in [-0.25, -0.2) is 0 Å². The predicted octanol–water partition coefficient (Wildman–Crippen LogP) is -0.565. The van der Waals surface area contributed by atoms with Gasteiger partial charge in [0.25, 0.3) is 0 Å². The average molecular weight is 247 g/mol. The third kappa shape index (κ3) is 5.65. The highest BCUT2D eigenvalue weighted by molar-refractivity contribution is 5.81. The molecule has 0 aliphatic carbocycles. The normalized spacial score (nSPS) is 13.0. The Morgan fingerprint density at radius 1 is 1.41 bits per heavy atom. The van der Waals surface area contributed by atoms with E-state index in [4.69, 9.17) is 5.11 Å². The zero-order chi connectivity index (χ0) is 13.5. The van der Waals surface area contributed by atoms with Crippen molar-refractivity contribution in [2.75, 3.05) is 20.3 Å². The molecule has 17 heavy (non-hydrogen) atoms. The van der Waals surface area contributed by atoms with E-state index < -0.39 is 17.4 Å². The van der Waals surface area contributed by atoms with Crippen molar-refractivity contribution in [2.45, 2.75) is 32.8 Å². The van der Waals surface area contributed by atoms with Crippen LogP contribution in [0.5, 0.6) is 0 Å². The topological polar surface area (TPSA) is 95.9 Å². The van der Waals surface area contributed by atoms with Gasteiger partial charge < -0.3 is 20.3 Å². The van der Waals surface area contributed by atoms with E-state index in [2.05, 4.69) is 10.1 Å². The van der Waals surface area contributed by atoms with Crippen molar-refractivity contribution in [3.05, 3.63) is 0 Å². The van der Waals surface area contributed by atoms with Crippen molar-refractivity contribution in [1.82, 2.24) is 5.32 Å². The lowest BCUT2D eigenvalue weighted by Crippen LogP contribution is -2.45. The molecule has 0 spiro atoms. The summed E-state index contributed by atoms with van der Waals surface area (Å²) >= 11 is 0. The van der Waals surface area contributed by atoms with Gasteiger partial charge in [-0.15, -0.1) is 0 Å². The molecular formula is C11H21NO5. The molecule has 0 aliphatic heterocycles. The second kappa shape index (κ2) is 7.24. The molecule has 0 heterocycles. The summed E-state index contributed by atoms with van der Waals surface area (Å²) in [4.78, 5) is 22.3. The highest BCUT2D eigenvalue weighted by atomic mass is 16.5. The second-order valence-corrected chi connectivity index (χ2v) is 4.52. The summed E-state index contributed by atoms with van der Waals surface area (Å²) in [7, 11) is 1.30. The van der Waals surface area contributed by atoms with E-state index in [0.29, 0.717) is 6.42 Å². The summed E-state index contributed by atoms with van der Waals surface area (Å²) in [6.07, 6.45) is -0.605. The van der Waals surface area contributed by atoms with Crippen LogP contribution >= 0.6 is 0 Å². The lowest BCUT2D eigenvalue weighted by atomic mass is 9.87. The second-order valence-electron chi connectivity index (χ2n) is 4.52. The van der Waals surface area contributed by atoms with Gasteiger partial charge >= 0.3 is 5.97 Å². The maximum atomic E-state index is 11.5. The van der Waals surface area contributed by atoms with E-state index in [9.17, 15) is 14.7 Å². The van der Waals surface area contributed by atoms with Gasteiger partial charge in [0.1, 0.15) is 6.10 Å². The zero-order valence-electron chi connectivity index (χ0n) is 10.5. The van der Waals surface area contributed by atoms with Crippen LogP contribution in [0.1, 0.15) is 26.7 Å². The fraction of sp³-hybridized carbons (Fsp3) is 0.818. The van der Waals surface area contributed by atoms with Crippen LogP contribution in [0.3, 0.4) is 0 Å². The molecule has 6 heteroatoms. The minimum absolute atomic E-state index is 0.219. The average Bonchev–Trinajstić information content (AvgIpc) is 2.32. The maximum Gasteiger partial charge on any atom is 0.305 e. The van der Waals surface area contributed by atoms with Gasteiger partial charge in [-0.2, -0.15) is 0 Å². The van der Waals surface area contributed by atoms with Crippen LogP contribution in [0, 0.1) is 5.41 Å². The number of aliphatic hydroxyl groups is 2. The molecule has 3 N–H and O–H groups in total. The van der Waals surface area contributed by atoms with E-state index in [-0.39, 0.29) is 25.5 Å². The summed E-state index contributed by atoms with van der Waals surface area (Å²) in [5.74, 6) is -0.885. The van der Waals surface area contributed by atoms with E-state index in [0.717, 1.165) is 0 Å². The number of aliphatic hydroxyl groups excluding tert-OH is 2. The van der Waals surface area contributed by atoms with Gasteiger partial charge in [0.2, 0.25) is 5.91 Å². The number of carbonyl (C=O) groups excluding carboxylic acids is 2. The predicted molar refractivity (Wildman–Crippen MR) is 61.1 cm³/mol. The number of hydrogen-bond acceptors (Lipinski definition) is 5. The van der Waals surface area contributed by atoms with Crippen molar-refractivity contribution in [3.8, 4) is 0 Å². The summed E-state index contributed by atoms with van der Waals surface area (Å²) in [6, 6.07) is 0. The molecule has 0 aromatic carbocycles. The molecule has 0 fully saturated rings. The van der Waals surface area contributed by atoms with Crippen LogP contribution < -0.4 is 5.32 Å². The Morgan fingerprint density at radius 3 is 2.47 bits per heavy atom. The first-order valence-corrected chi connectivity index (χ1v) is 5.48. The van der Waals surface area contributed by atoms with Crippen LogP contribution in [0.25, 0.3) is 0 Å². The Kier molecular flexibility index (Phi) is 6.75. The number of carbonyl (C=O) groups is 2. The molecule has 0 unspecified atom stereocenters. The molecule has 0 saturated heterocycles. The van der Waals surface area contributed by atoms with Gasteiger partial charge in [0, 0.05) is 18.4 Å². The highest BCUT2D eigenvalue weighted by Crippen LogP contribution is 2.19. The molecule has 1 amide bonds. The van der Waals surface area contributed by atoms with E-state index in [1.807, 2.05) is 0 Å². The molecule has 0 rings (SSSR count). The summed E-state index contributed by atoms with van der Waals surface area (Å²) in [5, 5.41) is 21.1. The Balaban J connectivity index is 3.91. The van der Waals surface area contributed by atoms with Gasteiger partial charge in [-0.3, -0.25) is 9.59 Å². The zero-order valence-corrected chi connectivity index (χ0v) is 10.5. The third-order valence-corrected chi connectivity index (χ3v) is 2.48. The highest BCUT2D eigenvalue weighted by Gasteiger charge is 2.32. The minimum atomic E-state index is -1.27. The van der Waals surface area contributed by atoms with Gasteiger partial charge in [-0.05, 0) is 6.42 Å². The number of amides is 1. The van der Waals surface area contributed by atoms with Crippen LogP contribution in [-0.2, 0) is 14.3 Å². The number of hydrogen-bond donors (Lipinski definition) is 3. The Morgan fingerprint density at radius 2 is 2.00 bits per heavy atom. The number of methoxy groups -OCH3 is 1. The van der Waals surface area contributed by atoms with Crippen molar-refractivity contribution in [3.63, 3.8) is 0 Å². The first kappa shape index (κ1) is 15.9. The van der Waals surface area contributed by atoms with Gasteiger partial charge in [0.15, 0.2) is 0 Å². The van der Waals surface area contributed by atoms with Crippen molar-refractivity contribution in [1.29, 1.82) is 0 Å². The number of rotatable bonds is 7. The SMILES string of the molecule is COC(=O)CCCNC(=O)[C@H](O)C(C)(C)CO. The monoisotopic (exact) mass is 247 g/mol. The molecule has 0 radical (unpaired) electrons. The van der Waals surface area contributed by atoms with Crippen LogP contribution in [0.2, 0.25) is 0 Å². The Hall–Kier alpha value is -1.14. The van der Waals surface area contributed by atoms with Crippen LogP contribution in [0.4, 0.5) is 0 Å². The van der Waals surface area contributed by atoms with Crippen molar-refractivity contribution < 1.29 is 24.5 Å². The van der Waals surface area contributed by atoms with E-state index in [1.165, 1.54) is 7.11 Å². The quantitative estimate of drug-likeness (QED) is 0.414. The Bertz CT molecular complexity index is 265. The van der Waals surface area contributed by atoms with Crippen LogP contribution in [-0.4, -0.2) is 48.5 Å². The van der Waals surface area contributed by atoms with Gasteiger partial charge in [0.05, 0.1) is 13.7 Å². The van der Waals surface area contributed by atoms with E-state index in [1.54, 1.807) is 13.8 Å². The molecule has 0 saturated carbocycles. The smallest absolute Gasteiger partial charge is 0.305 e. The van der Waals surface area contributed by atoms with Crippen molar-refractivity contribution >= 4 is 11.9 Å². The summed E-state index contributed by atoms with van der Waals surface area (Å²) in [6.45, 7) is 3.17. The lowest BCUT2D eigenvalue weighted by Gasteiger charge is -2.27. The van der Waals surface area contributed by atoms with E-state index >= 15 is 0 Å². The number of nitrogens with one attached hydrogen (secondary N) is 1. The molecule has 0 aromatic heterocycles. The first-order valence-electron chi connectivity index (χ1n) is 5.48. The largest absolute Gasteiger partial charge is 0.469 e. The molecule has 0 aromatic rings. The third-order valence-electron chi connectivity index (χ3n) is 2.48. The molecule has 6 nitrogen and oxygen atoms in total.